The Bertz CT molecular complexity index is 365. The van der Waals surface area contributed by atoms with E-state index in [-0.39, 0.29) is 6.09 Å². The first kappa shape index (κ1) is 18.5. The lowest BCUT2D eigenvalue weighted by atomic mass is 9.87. The first-order chi connectivity index (χ1) is 10.8. The van der Waals surface area contributed by atoms with Crippen LogP contribution < -0.4 is 5.32 Å². The van der Waals surface area contributed by atoms with Crippen molar-refractivity contribution in [3.05, 3.63) is 0 Å². The quantitative estimate of drug-likeness (QED) is 0.863. The number of hydrogen-bond donors (Lipinski definition) is 1. The third-order valence-corrected chi connectivity index (χ3v) is 4.90. The number of piperazine rings is 1. The van der Waals surface area contributed by atoms with Crippen molar-refractivity contribution >= 4 is 6.09 Å². The third-order valence-electron chi connectivity index (χ3n) is 4.90. The number of rotatable bonds is 4. The highest BCUT2D eigenvalue weighted by Crippen LogP contribution is 2.23. The summed E-state index contributed by atoms with van der Waals surface area (Å²) in [5.74, 6) is 0.911. The molecule has 2 fully saturated rings. The normalized spacial score (nSPS) is 27.0. The van der Waals surface area contributed by atoms with Crippen molar-refractivity contribution in [3.8, 4) is 0 Å². The van der Waals surface area contributed by atoms with Crippen LogP contribution in [0.25, 0.3) is 0 Å². The summed E-state index contributed by atoms with van der Waals surface area (Å²) < 4.78 is 5.44. The van der Waals surface area contributed by atoms with Gasteiger partial charge in [0.25, 0.3) is 0 Å². The number of nitrogens with zero attached hydrogens (tertiary/aromatic N) is 2. The molecule has 1 saturated heterocycles. The minimum absolute atomic E-state index is 0.174. The zero-order valence-electron chi connectivity index (χ0n) is 15.4. The molecule has 1 amide bonds. The van der Waals surface area contributed by atoms with Gasteiger partial charge in [0, 0.05) is 45.3 Å². The van der Waals surface area contributed by atoms with Crippen LogP contribution in [-0.4, -0.2) is 66.8 Å². The molecule has 23 heavy (non-hydrogen) atoms. The van der Waals surface area contributed by atoms with Gasteiger partial charge in [-0.15, -0.1) is 0 Å². The third kappa shape index (κ3) is 6.68. The summed E-state index contributed by atoms with van der Waals surface area (Å²) >= 11 is 0. The minimum Gasteiger partial charge on any atom is -0.444 e. The second-order valence-electron chi connectivity index (χ2n) is 8.22. The van der Waals surface area contributed by atoms with Crippen LogP contribution >= 0.6 is 0 Å². The van der Waals surface area contributed by atoms with Gasteiger partial charge >= 0.3 is 6.09 Å². The van der Waals surface area contributed by atoms with Crippen molar-refractivity contribution in [3.63, 3.8) is 0 Å². The van der Waals surface area contributed by atoms with Crippen LogP contribution in [0.5, 0.6) is 0 Å². The minimum atomic E-state index is -0.407. The Balaban J connectivity index is 1.59. The van der Waals surface area contributed by atoms with E-state index in [0.717, 1.165) is 45.2 Å². The first-order valence-electron chi connectivity index (χ1n) is 9.27. The van der Waals surface area contributed by atoms with E-state index in [0.29, 0.717) is 6.04 Å². The lowest BCUT2D eigenvalue weighted by Crippen LogP contribution is -2.51. The van der Waals surface area contributed by atoms with E-state index in [1.807, 2.05) is 25.7 Å². The van der Waals surface area contributed by atoms with Crippen molar-refractivity contribution in [1.29, 1.82) is 0 Å². The van der Waals surface area contributed by atoms with Crippen LogP contribution in [0.2, 0.25) is 0 Å². The standard InChI is InChI=1S/C18H35N3O2/c1-15-5-7-16(8-6-15)19-9-10-20-11-13-21(14-12-20)17(22)23-18(2,3)4/h15-16,19H,5-14H2,1-4H3. The van der Waals surface area contributed by atoms with Gasteiger partial charge < -0.3 is 15.0 Å². The van der Waals surface area contributed by atoms with Gasteiger partial charge in [-0.1, -0.05) is 6.92 Å². The summed E-state index contributed by atoms with van der Waals surface area (Å²) in [4.78, 5) is 16.3. The van der Waals surface area contributed by atoms with Gasteiger partial charge in [0.05, 0.1) is 0 Å². The molecule has 2 aliphatic rings. The topological polar surface area (TPSA) is 44.8 Å². The number of nitrogens with one attached hydrogen (secondary N) is 1. The largest absolute Gasteiger partial charge is 0.444 e. The predicted octanol–water partition coefficient (Wildman–Crippen LogP) is 2.71. The highest BCUT2D eigenvalue weighted by molar-refractivity contribution is 5.68. The van der Waals surface area contributed by atoms with E-state index in [1.54, 1.807) is 0 Å². The van der Waals surface area contributed by atoms with E-state index in [2.05, 4.69) is 17.1 Å². The van der Waals surface area contributed by atoms with E-state index >= 15 is 0 Å². The van der Waals surface area contributed by atoms with Gasteiger partial charge in [-0.05, 0) is 52.4 Å². The zero-order valence-corrected chi connectivity index (χ0v) is 15.4. The van der Waals surface area contributed by atoms with Gasteiger partial charge in [-0.3, -0.25) is 4.90 Å². The highest BCUT2D eigenvalue weighted by Gasteiger charge is 2.25. The SMILES string of the molecule is CC1CCC(NCCN2CCN(C(=O)OC(C)(C)C)CC2)CC1. The maximum atomic E-state index is 12.0. The maximum absolute atomic E-state index is 12.0. The molecule has 5 heteroatoms. The van der Waals surface area contributed by atoms with Crippen LogP contribution in [0.15, 0.2) is 0 Å². The number of hydrogen-bond acceptors (Lipinski definition) is 4. The first-order valence-corrected chi connectivity index (χ1v) is 9.27. The number of carbonyl (C=O) groups is 1. The van der Waals surface area contributed by atoms with Crippen molar-refractivity contribution < 1.29 is 9.53 Å². The molecule has 1 aliphatic heterocycles. The predicted molar refractivity (Wildman–Crippen MR) is 93.7 cm³/mol. The molecule has 0 aromatic heterocycles. The van der Waals surface area contributed by atoms with Crippen molar-refractivity contribution in [2.45, 2.75) is 65.0 Å². The van der Waals surface area contributed by atoms with E-state index in [4.69, 9.17) is 4.74 Å². The summed E-state index contributed by atoms with van der Waals surface area (Å²) in [6, 6.07) is 0.717. The van der Waals surface area contributed by atoms with Gasteiger partial charge in [0.1, 0.15) is 5.60 Å². The Morgan fingerprint density at radius 1 is 1.09 bits per heavy atom. The molecule has 1 aliphatic carbocycles. The summed E-state index contributed by atoms with van der Waals surface area (Å²) in [6.07, 6.45) is 5.21. The summed E-state index contributed by atoms with van der Waals surface area (Å²) in [5.41, 5.74) is -0.407. The van der Waals surface area contributed by atoms with Crippen molar-refractivity contribution in [2.75, 3.05) is 39.3 Å². The highest BCUT2D eigenvalue weighted by atomic mass is 16.6. The summed E-state index contributed by atoms with van der Waals surface area (Å²) in [7, 11) is 0. The Kier molecular flexibility index (Phi) is 6.72. The molecule has 0 unspecified atom stereocenters. The van der Waals surface area contributed by atoms with Gasteiger partial charge in [0.15, 0.2) is 0 Å². The number of ether oxygens (including phenoxy) is 1. The Morgan fingerprint density at radius 2 is 1.70 bits per heavy atom. The molecule has 0 atom stereocenters. The average molecular weight is 325 g/mol. The van der Waals surface area contributed by atoms with E-state index < -0.39 is 5.60 Å². The lowest BCUT2D eigenvalue weighted by Gasteiger charge is -2.36. The molecule has 5 nitrogen and oxygen atoms in total. The molecule has 0 bridgehead atoms. The van der Waals surface area contributed by atoms with Crippen LogP contribution in [0.3, 0.4) is 0 Å². The molecule has 0 spiro atoms. The lowest BCUT2D eigenvalue weighted by molar-refractivity contribution is 0.0145. The molecule has 2 rings (SSSR count). The molecule has 0 radical (unpaired) electrons. The Hall–Kier alpha value is -0.810. The van der Waals surface area contributed by atoms with Gasteiger partial charge in [0.2, 0.25) is 0 Å². The van der Waals surface area contributed by atoms with Crippen LogP contribution in [-0.2, 0) is 4.74 Å². The van der Waals surface area contributed by atoms with Crippen LogP contribution in [0.1, 0.15) is 53.4 Å². The second-order valence-corrected chi connectivity index (χ2v) is 8.22. The fraction of sp³-hybridized carbons (Fsp3) is 0.944. The molecular weight excluding hydrogens is 290 g/mol. The van der Waals surface area contributed by atoms with Crippen LogP contribution in [0, 0.1) is 5.92 Å². The van der Waals surface area contributed by atoms with Crippen molar-refractivity contribution in [2.24, 2.45) is 5.92 Å². The zero-order chi connectivity index (χ0) is 16.9. The second kappa shape index (κ2) is 8.34. The molecule has 134 valence electrons. The number of amides is 1. The summed E-state index contributed by atoms with van der Waals surface area (Å²) in [6.45, 7) is 13.7. The van der Waals surface area contributed by atoms with Gasteiger partial charge in [-0.2, -0.15) is 0 Å². The monoisotopic (exact) mass is 325 g/mol. The van der Waals surface area contributed by atoms with Gasteiger partial charge in [-0.25, -0.2) is 4.79 Å². The Morgan fingerprint density at radius 3 is 2.26 bits per heavy atom. The van der Waals surface area contributed by atoms with E-state index in [9.17, 15) is 4.79 Å². The molecule has 1 saturated carbocycles. The van der Waals surface area contributed by atoms with Crippen molar-refractivity contribution in [1.82, 2.24) is 15.1 Å². The molecule has 1 N–H and O–H groups in total. The number of carbonyl (C=O) groups excluding carboxylic acids is 1. The molecule has 0 aromatic rings. The van der Waals surface area contributed by atoms with E-state index in [1.165, 1.54) is 25.7 Å². The average Bonchev–Trinajstić information content (AvgIpc) is 2.48. The fourth-order valence-electron chi connectivity index (χ4n) is 3.37. The molecule has 1 heterocycles. The fourth-order valence-corrected chi connectivity index (χ4v) is 3.37. The summed E-state index contributed by atoms with van der Waals surface area (Å²) in [5, 5.41) is 3.71. The smallest absolute Gasteiger partial charge is 0.410 e. The van der Waals surface area contributed by atoms with Crippen LogP contribution in [0.4, 0.5) is 4.79 Å². The Labute approximate surface area is 141 Å². The molecule has 0 aromatic carbocycles. The maximum Gasteiger partial charge on any atom is 0.410 e. The molecular formula is C18H35N3O2.